The minimum absolute atomic E-state index is 0. The van der Waals surface area contributed by atoms with Gasteiger partial charge in [-0.1, -0.05) is 17.7 Å². The molecule has 0 saturated carbocycles. The van der Waals surface area contributed by atoms with Gasteiger partial charge in [0.15, 0.2) is 0 Å². The largest absolute Gasteiger partial charge is 0.493 e. The molecule has 1 heterocycles. The Kier molecular flexibility index (Phi) is 7.54. The topological polar surface area (TPSA) is 41.6 Å². The second-order valence-electron chi connectivity index (χ2n) is 5.35. The molecule has 118 valence electrons. The van der Waals surface area contributed by atoms with Crippen molar-refractivity contribution in [3.05, 3.63) is 29.3 Å². The molecule has 0 bridgehead atoms. The van der Waals surface area contributed by atoms with Crippen molar-refractivity contribution < 1.29 is 9.53 Å². The highest BCUT2D eigenvalue weighted by atomic mass is 35.5. The van der Waals surface area contributed by atoms with Gasteiger partial charge in [-0.05, 0) is 38.4 Å². The quantitative estimate of drug-likeness (QED) is 0.927. The highest BCUT2D eigenvalue weighted by molar-refractivity contribution is 5.85. The fraction of sp³-hybridized carbons (Fsp3) is 0.562. The average molecular weight is 313 g/mol. The highest BCUT2D eigenvalue weighted by Gasteiger charge is 2.15. The first-order valence-corrected chi connectivity index (χ1v) is 7.35. The van der Waals surface area contributed by atoms with Crippen LogP contribution in [0.15, 0.2) is 18.2 Å². The lowest BCUT2D eigenvalue weighted by Crippen LogP contribution is -2.34. The summed E-state index contributed by atoms with van der Waals surface area (Å²) in [5.74, 6) is 1.07. The van der Waals surface area contributed by atoms with Gasteiger partial charge in [-0.2, -0.15) is 0 Å². The summed E-state index contributed by atoms with van der Waals surface area (Å²) in [7, 11) is 0. The first-order chi connectivity index (χ1) is 9.66. The van der Waals surface area contributed by atoms with Gasteiger partial charge < -0.3 is 15.0 Å². The van der Waals surface area contributed by atoms with Crippen LogP contribution in [0.3, 0.4) is 0 Å². The number of halogens is 1. The number of rotatable bonds is 4. The summed E-state index contributed by atoms with van der Waals surface area (Å²) in [4.78, 5) is 14.0. The standard InChI is InChI=1S/C16H24N2O2.ClH/c1-13-4-5-15(14(2)12-13)20-11-6-16(19)18-9-3-7-17-8-10-18;/h4-5,12,17H,3,6-11H2,1-2H3;1H. The molecular weight excluding hydrogens is 288 g/mol. The van der Waals surface area contributed by atoms with Gasteiger partial charge >= 0.3 is 0 Å². The molecular formula is C16H25ClN2O2. The monoisotopic (exact) mass is 312 g/mol. The molecule has 0 unspecified atom stereocenters. The molecule has 1 fully saturated rings. The van der Waals surface area contributed by atoms with Crippen molar-refractivity contribution >= 4 is 18.3 Å². The Hall–Kier alpha value is -1.26. The molecule has 2 rings (SSSR count). The number of hydrogen-bond donors (Lipinski definition) is 1. The van der Waals surface area contributed by atoms with Gasteiger partial charge in [0.05, 0.1) is 13.0 Å². The summed E-state index contributed by atoms with van der Waals surface area (Å²) < 4.78 is 5.72. The van der Waals surface area contributed by atoms with E-state index in [0.717, 1.165) is 43.9 Å². The minimum Gasteiger partial charge on any atom is -0.493 e. The highest BCUT2D eigenvalue weighted by Crippen LogP contribution is 2.18. The smallest absolute Gasteiger partial charge is 0.226 e. The predicted molar refractivity (Wildman–Crippen MR) is 87.3 cm³/mol. The lowest BCUT2D eigenvalue weighted by molar-refractivity contribution is -0.131. The third-order valence-electron chi connectivity index (χ3n) is 3.60. The van der Waals surface area contributed by atoms with Crippen molar-refractivity contribution in [2.75, 3.05) is 32.8 Å². The van der Waals surface area contributed by atoms with Gasteiger partial charge in [0.25, 0.3) is 0 Å². The van der Waals surface area contributed by atoms with Crippen molar-refractivity contribution in [3.63, 3.8) is 0 Å². The minimum atomic E-state index is 0. The van der Waals surface area contributed by atoms with E-state index in [1.165, 1.54) is 5.56 Å². The molecule has 1 aliphatic heterocycles. The Morgan fingerprint density at radius 3 is 2.86 bits per heavy atom. The second kappa shape index (κ2) is 8.90. The first kappa shape index (κ1) is 17.8. The van der Waals surface area contributed by atoms with E-state index in [1.54, 1.807) is 0 Å². The molecule has 1 aliphatic rings. The molecule has 1 amide bonds. The van der Waals surface area contributed by atoms with Crippen molar-refractivity contribution in [2.24, 2.45) is 0 Å². The van der Waals surface area contributed by atoms with E-state index < -0.39 is 0 Å². The van der Waals surface area contributed by atoms with Crippen LogP contribution >= 0.6 is 12.4 Å². The number of nitrogens with one attached hydrogen (secondary N) is 1. The Labute approximate surface area is 133 Å². The van der Waals surface area contributed by atoms with Gasteiger partial charge in [-0.25, -0.2) is 0 Å². The normalized spacial score (nSPS) is 15.0. The molecule has 21 heavy (non-hydrogen) atoms. The van der Waals surface area contributed by atoms with Crippen LogP contribution in [0, 0.1) is 13.8 Å². The third-order valence-corrected chi connectivity index (χ3v) is 3.60. The van der Waals surface area contributed by atoms with Crippen LogP contribution in [-0.4, -0.2) is 43.6 Å². The average Bonchev–Trinajstić information content (AvgIpc) is 2.70. The Morgan fingerprint density at radius 1 is 1.29 bits per heavy atom. The van der Waals surface area contributed by atoms with Crippen LogP contribution in [0.4, 0.5) is 0 Å². The number of hydrogen-bond acceptors (Lipinski definition) is 3. The summed E-state index contributed by atoms with van der Waals surface area (Å²) in [6, 6.07) is 6.10. The van der Waals surface area contributed by atoms with Crippen molar-refractivity contribution in [2.45, 2.75) is 26.7 Å². The number of amides is 1. The molecule has 0 spiro atoms. The van der Waals surface area contributed by atoms with E-state index in [2.05, 4.69) is 18.3 Å². The molecule has 1 aromatic carbocycles. The lowest BCUT2D eigenvalue weighted by Gasteiger charge is -2.20. The molecule has 5 heteroatoms. The third kappa shape index (κ3) is 5.56. The summed E-state index contributed by atoms with van der Waals surface area (Å²) in [5, 5.41) is 3.30. The molecule has 4 nitrogen and oxygen atoms in total. The Morgan fingerprint density at radius 2 is 2.10 bits per heavy atom. The van der Waals surface area contributed by atoms with Crippen molar-refractivity contribution in [1.29, 1.82) is 0 Å². The van der Waals surface area contributed by atoms with E-state index >= 15 is 0 Å². The first-order valence-electron chi connectivity index (χ1n) is 7.35. The zero-order valence-corrected chi connectivity index (χ0v) is 13.7. The van der Waals surface area contributed by atoms with Gasteiger partial charge in [0.2, 0.25) is 5.91 Å². The van der Waals surface area contributed by atoms with E-state index in [9.17, 15) is 4.79 Å². The molecule has 0 radical (unpaired) electrons. The Balaban J connectivity index is 0.00000220. The van der Waals surface area contributed by atoms with Gasteiger partial charge in [0.1, 0.15) is 5.75 Å². The maximum absolute atomic E-state index is 12.1. The lowest BCUT2D eigenvalue weighted by atomic mass is 10.1. The van der Waals surface area contributed by atoms with Crippen LogP contribution < -0.4 is 10.1 Å². The number of carbonyl (C=O) groups is 1. The van der Waals surface area contributed by atoms with Gasteiger partial charge in [0, 0.05) is 19.6 Å². The number of aryl methyl sites for hydroxylation is 2. The summed E-state index contributed by atoms with van der Waals surface area (Å²) >= 11 is 0. The molecule has 1 saturated heterocycles. The molecule has 1 aromatic rings. The predicted octanol–water partition coefficient (Wildman–Crippen LogP) is 2.32. The SMILES string of the molecule is Cc1ccc(OCCC(=O)N2CCCNCC2)c(C)c1.Cl. The fourth-order valence-electron chi connectivity index (χ4n) is 2.46. The van der Waals surface area contributed by atoms with Crippen LogP contribution in [-0.2, 0) is 4.79 Å². The summed E-state index contributed by atoms with van der Waals surface area (Å²) in [6.45, 7) is 8.11. The van der Waals surface area contributed by atoms with E-state index in [1.807, 2.05) is 24.0 Å². The van der Waals surface area contributed by atoms with Crippen molar-refractivity contribution in [3.8, 4) is 5.75 Å². The number of nitrogens with zero attached hydrogens (tertiary/aromatic N) is 1. The van der Waals surface area contributed by atoms with Gasteiger partial charge in [-0.15, -0.1) is 12.4 Å². The van der Waals surface area contributed by atoms with Crippen molar-refractivity contribution in [1.82, 2.24) is 10.2 Å². The number of benzene rings is 1. The second-order valence-corrected chi connectivity index (χ2v) is 5.35. The Bertz CT molecular complexity index is 458. The number of carbonyl (C=O) groups excluding carboxylic acids is 1. The zero-order chi connectivity index (χ0) is 14.4. The van der Waals surface area contributed by atoms with Crippen LogP contribution in [0.5, 0.6) is 5.75 Å². The maximum atomic E-state index is 12.1. The molecule has 0 aliphatic carbocycles. The van der Waals surface area contributed by atoms with E-state index in [0.29, 0.717) is 13.0 Å². The number of ether oxygens (including phenoxy) is 1. The molecule has 0 aromatic heterocycles. The van der Waals surface area contributed by atoms with E-state index in [4.69, 9.17) is 4.74 Å². The van der Waals surface area contributed by atoms with Crippen LogP contribution in [0.2, 0.25) is 0 Å². The molecule has 1 N–H and O–H groups in total. The van der Waals surface area contributed by atoms with E-state index in [-0.39, 0.29) is 18.3 Å². The van der Waals surface area contributed by atoms with Gasteiger partial charge in [-0.3, -0.25) is 4.79 Å². The van der Waals surface area contributed by atoms with Crippen LogP contribution in [0.25, 0.3) is 0 Å². The fourth-order valence-corrected chi connectivity index (χ4v) is 2.46. The zero-order valence-electron chi connectivity index (χ0n) is 12.9. The summed E-state index contributed by atoms with van der Waals surface area (Å²) in [5.41, 5.74) is 2.35. The van der Waals surface area contributed by atoms with Crippen LogP contribution in [0.1, 0.15) is 24.0 Å². The summed E-state index contributed by atoms with van der Waals surface area (Å²) in [6.07, 6.45) is 1.48. The maximum Gasteiger partial charge on any atom is 0.226 e. The molecule has 0 atom stereocenters.